The minimum absolute atomic E-state index is 0.0583. The molecule has 0 aliphatic heterocycles. The van der Waals surface area contributed by atoms with E-state index in [0.717, 1.165) is 12.8 Å². The molecule has 1 unspecified atom stereocenters. The molecule has 2 rings (SSSR count). The largest absolute Gasteiger partial charge is 0.371 e. The van der Waals surface area contributed by atoms with Crippen LogP contribution >= 0.6 is 0 Å². The number of aromatic nitrogens is 2. The molecule has 5 heteroatoms. The van der Waals surface area contributed by atoms with Gasteiger partial charge in [0.2, 0.25) is 5.89 Å². The van der Waals surface area contributed by atoms with Gasteiger partial charge in [-0.3, -0.25) is 0 Å². The number of hydrogen-bond donors (Lipinski definition) is 1. The zero-order valence-electron chi connectivity index (χ0n) is 9.90. The van der Waals surface area contributed by atoms with Crippen molar-refractivity contribution in [3.8, 4) is 0 Å². The zero-order valence-corrected chi connectivity index (χ0v) is 9.90. The molecule has 16 heavy (non-hydrogen) atoms. The standard InChI is InChI=1S/C11H19N3O2/c1-3-15-8(2)9-13-10(16-14-9)11(7-12)5-4-6-11/h8H,3-7,12H2,1-2H3. The molecular formula is C11H19N3O2. The van der Waals surface area contributed by atoms with Crippen LogP contribution in [0.1, 0.15) is 50.9 Å². The van der Waals surface area contributed by atoms with Crippen molar-refractivity contribution in [1.29, 1.82) is 0 Å². The third-order valence-electron chi connectivity index (χ3n) is 3.38. The highest BCUT2D eigenvalue weighted by molar-refractivity contribution is 5.11. The molecule has 1 saturated carbocycles. The van der Waals surface area contributed by atoms with Crippen LogP contribution in [0.5, 0.6) is 0 Å². The maximum atomic E-state index is 5.79. The normalized spacial score (nSPS) is 20.4. The highest BCUT2D eigenvalue weighted by atomic mass is 16.5. The van der Waals surface area contributed by atoms with Gasteiger partial charge in [0.25, 0.3) is 0 Å². The van der Waals surface area contributed by atoms with E-state index in [1.807, 2.05) is 13.8 Å². The van der Waals surface area contributed by atoms with Gasteiger partial charge in [0.05, 0.1) is 5.41 Å². The first kappa shape index (κ1) is 11.5. The van der Waals surface area contributed by atoms with Crippen molar-refractivity contribution in [2.45, 2.75) is 44.6 Å². The molecule has 1 aliphatic carbocycles. The average molecular weight is 225 g/mol. The highest BCUT2D eigenvalue weighted by Gasteiger charge is 2.42. The maximum Gasteiger partial charge on any atom is 0.234 e. The molecule has 0 spiro atoms. The van der Waals surface area contributed by atoms with Crippen LogP contribution in [0, 0.1) is 0 Å². The molecule has 1 atom stereocenters. The van der Waals surface area contributed by atoms with E-state index in [9.17, 15) is 0 Å². The lowest BCUT2D eigenvalue weighted by molar-refractivity contribution is 0.0683. The van der Waals surface area contributed by atoms with Crippen LogP contribution in [0.2, 0.25) is 0 Å². The molecule has 0 aromatic carbocycles. The van der Waals surface area contributed by atoms with Crippen LogP contribution in [0.25, 0.3) is 0 Å². The van der Waals surface area contributed by atoms with Gasteiger partial charge in [0.1, 0.15) is 6.10 Å². The van der Waals surface area contributed by atoms with Crippen LogP contribution in [-0.4, -0.2) is 23.3 Å². The molecule has 0 radical (unpaired) electrons. The molecule has 0 saturated heterocycles. The van der Waals surface area contributed by atoms with Gasteiger partial charge in [0.15, 0.2) is 5.82 Å². The fourth-order valence-corrected chi connectivity index (χ4v) is 2.05. The van der Waals surface area contributed by atoms with Crippen LogP contribution in [0.15, 0.2) is 4.52 Å². The number of nitrogens with two attached hydrogens (primary N) is 1. The van der Waals surface area contributed by atoms with Crippen LogP contribution in [0.4, 0.5) is 0 Å². The van der Waals surface area contributed by atoms with Gasteiger partial charge >= 0.3 is 0 Å². The predicted octanol–water partition coefficient (Wildman–Crippen LogP) is 1.55. The van der Waals surface area contributed by atoms with Gasteiger partial charge in [0, 0.05) is 13.2 Å². The molecule has 1 heterocycles. The number of rotatable bonds is 5. The second kappa shape index (κ2) is 4.51. The van der Waals surface area contributed by atoms with Crippen molar-refractivity contribution in [1.82, 2.24) is 10.1 Å². The summed E-state index contributed by atoms with van der Waals surface area (Å²) >= 11 is 0. The Morgan fingerprint density at radius 2 is 2.31 bits per heavy atom. The fourth-order valence-electron chi connectivity index (χ4n) is 2.05. The first-order valence-electron chi connectivity index (χ1n) is 5.87. The first-order chi connectivity index (χ1) is 7.72. The lowest BCUT2D eigenvalue weighted by atomic mass is 9.69. The molecule has 1 aromatic rings. The number of nitrogens with zero attached hydrogens (tertiary/aromatic N) is 2. The van der Waals surface area contributed by atoms with Gasteiger partial charge in [-0.1, -0.05) is 11.6 Å². The van der Waals surface area contributed by atoms with Crippen molar-refractivity contribution in [2.24, 2.45) is 5.73 Å². The van der Waals surface area contributed by atoms with Gasteiger partial charge in [-0.05, 0) is 26.7 Å². The summed E-state index contributed by atoms with van der Waals surface area (Å²) in [5.41, 5.74) is 5.73. The summed E-state index contributed by atoms with van der Waals surface area (Å²) < 4.78 is 10.7. The maximum absolute atomic E-state index is 5.79. The lowest BCUT2D eigenvalue weighted by Crippen LogP contribution is -2.41. The molecule has 1 fully saturated rings. The first-order valence-corrected chi connectivity index (χ1v) is 5.87. The second-order valence-corrected chi connectivity index (χ2v) is 4.39. The smallest absolute Gasteiger partial charge is 0.234 e. The Hall–Kier alpha value is -0.940. The Morgan fingerprint density at radius 1 is 1.56 bits per heavy atom. The van der Waals surface area contributed by atoms with Crippen LogP contribution in [-0.2, 0) is 10.2 Å². The van der Waals surface area contributed by atoms with Crippen molar-refractivity contribution < 1.29 is 9.26 Å². The Balaban J connectivity index is 2.12. The van der Waals surface area contributed by atoms with E-state index in [0.29, 0.717) is 24.9 Å². The van der Waals surface area contributed by atoms with E-state index >= 15 is 0 Å². The third-order valence-corrected chi connectivity index (χ3v) is 3.38. The Labute approximate surface area is 95.3 Å². The monoisotopic (exact) mass is 225 g/mol. The molecule has 5 nitrogen and oxygen atoms in total. The summed E-state index contributed by atoms with van der Waals surface area (Å²) in [6.07, 6.45) is 3.18. The van der Waals surface area contributed by atoms with Gasteiger partial charge in [-0.25, -0.2) is 0 Å². The molecule has 1 aliphatic rings. The number of hydrogen-bond acceptors (Lipinski definition) is 5. The van der Waals surface area contributed by atoms with Crippen molar-refractivity contribution >= 4 is 0 Å². The average Bonchev–Trinajstić information content (AvgIpc) is 2.67. The quantitative estimate of drug-likeness (QED) is 0.822. The van der Waals surface area contributed by atoms with E-state index in [4.69, 9.17) is 15.0 Å². The Kier molecular flexibility index (Phi) is 3.25. The summed E-state index contributed by atoms with van der Waals surface area (Å²) in [6.45, 7) is 5.10. The minimum Gasteiger partial charge on any atom is -0.371 e. The molecular weight excluding hydrogens is 206 g/mol. The van der Waals surface area contributed by atoms with Crippen molar-refractivity contribution in [3.05, 3.63) is 11.7 Å². The SMILES string of the molecule is CCOC(C)c1noc(C2(CN)CCC2)n1. The van der Waals surface area contributed by atoms with Gasteiger partial charge in [-0.2, -0.15) is 4.98 Å². The van der Waals surface area contributed by atoms with Crippen LogP contribution < -0.4 is 5.73 Å². The van der Waals surface area contributed by atoms with Gasteiger partial charge < -0.3 is 15.0 Å². The molecule has 0 bridgehead atoms. The molecule has 1 aromatic heterocycles. The zero-order chi connectivity index (χ0) is 11.6. The van der Waals surface area contributed by atoms with Crippen LogP contribution in [0.3, 0.4) is 0 Å². The van der Waals surface area contributed by atoms with E-state index in [1.54, 1.807) is 0 Å². The summed E-state index contributed by atoms with van der Waals surface area (Å²) in [7, 11) is 0. The Morgan fingerprint density at radius 3 is 2.81 bits per heavy atom. The van der Waals surface area contributed by atoms with E-state index < -0.39 is 0 Å². The Bertz CT molecular complexity index is 341. The summed E-state index contributed by atoms with van der Waals surface area (Å²) in [5, 5.41) is 3.96. The van der Waals surface area contributed by atoms with Gasteiger partial charge in [-0.15, -0.1) is 0 Å². The summed E-state index contributed by atoms with van der Waals surface area (Å²) in [6, 6.07) is 0. The molecule has 90 valence electrons. The fraction of sp³-hybridized carbons (Fsp3) is 0.818. The number of ether oxygens (including phenoxy) is 1. The molecule has 0 amide bonds. The topological polar surface area (TPSA) is 74.2 Å². The van der Waals surface area contributed by atoms with Crippen molar-refractivity contribution in [2.75, 3.05) is 13.2 Å². The van der Waals surface area contributed by atoms with E-state index in [1.165, 1.54) is 6.42 Å². The lowest BCUT2D eigenvalue weighted by Gasteiger charge is -2.36. The van der Waals surface area contributed by atoms with E-state index in [-0.39, 0.29) is 11.5 Å². The summed E-state index contributed by atoms with van der Waals surface area (Å²) in [4.78, 5) is 4.41. The van der Waals surface area contributed by atoms with Crippen molar-refractivity contribution in [3.63, 3.8) is 0 Å². The minimum atomic E-state index is -0.114. The third kappa shape index (κ3) is 1.85. The summed E-state index contributed by atoms with van der Waals surface area (Å²) in [5.74, 6) is 1.30. The second-order valence-electron chi connectivity index (χ2n) is 4.39. The highest BCUT2D eigenvalue weighted by Crippen LogP contribution is 2.42. The van der Waals surface area contributed by atoms with E-state index in [2.05, 4.69) is 10.1 Å². The molecule has 2 N–H and O–H groups in total. The predicted molar refractivity (Wildman–Crippen MR) is 58.9 cm³/mol.